The molecule has 2 aromatic heterocycles. The lowest BCUT2D eigenvalue weighted by Crippen LogP contribution is -2.23. The second kappa shape index (κ2) is 5.81. The number of hydrogen-bond acceptors (Lipinski definition) is 4. The molecular formula is C15H13FN4O2S. The van der Waals surface area contributed by atoms with E-state index < -0.39 is 10.0 Å². The van der Waals surface area contributed by atoms with Crippen molar-refractivity contribution in [2.45, 2.75) is 0 Å². The summed E-state index contributed by atoms with van der Waals surface area (Å²) < 4.78 is 36.2. The number of sulfonamides is 1. The molecule has 0 unspecified atom stereocenters. The fourth-order valence-electron chi connectivity index (χ4n) is 2.20. The number of benzene rings is 1. The fraction of sp³-hybridized carbons (Fsp3) is 0.0667. The Morgan fingerprint density at radius 3 is 2.30 bits per heavy atom. The van der Waals surface area contributed by atoms with Crippen LogP contribution in [0.25, 0.3) is 22.4 Å². The largest absolute Gasteiger partial charge is 0.265 e. The van der Waals surface area contributed by atoms with Crippen LogP contribution in [0.3, 0.4) is 0 Å². The monoisotopic (exact) mass is 332 g/mol. The lowest BCUT2D eigenvalue weighted by atomic mass is 10.0. The van der Waals surface area contributed by atoms with Crippen LogP contribution in [-0.4, -0.2) is 29.5 Å². The molecular weight excluding hydrogens is 319 g/mol. The summed E-state index contributed by atoms with van der Waals surface area (Å²) in [6.07, 6.45) is 5.77. The Morgan fingerprint density at radius 1 is 1.04 bits per heavy atom. The highest BCUT2D eigenvalue weighted by Crippen LogP contribution is 2.31. The smallest absolute Gasteiger partial charge is 0.244 e. The Morgan fingerprint density at radius 2 is 1.70 bits per heavy atom. The summed E-state index contributed by atoms with van der Waals surface area (Å²) in [6, 6.07) is 9.39. The molecule has 0 fully saturated rings. The molecule has 0 amide bonds. The van der Waals surface area contributed by atoms with Crippen LogP contribution in [0.4, 0.5) is 4.39 Å². The summed E-state index contributed by atoms with van der Waals surface area (Å²) in [5.74, 6) is -0.346. The molecule has 2 heterocycles. The maximum atomic E-state index is 13.1. The van der Waals surface area contributed by atoms with E-state index in [1.165, 1.54) is 23.1 Å². The number of hydrogen-bond donors (Lipinski definition) is 1. The Balaban J connectivity index is 2.19. The first-order valence-electron chi connectivity index (χ1n) is 6.66. The minimum absolute atomic E-state index is 0.346. The highest BCUT2D eigenvalue weighted by molar-refractivity contribution is 7.91. The van der Waals surface area contributed by atoms with Crippen molar-refractivity contribution in [3.63, 3.8) is 0 Å². The standard InChI is InChI=1S/C15H13FN4O2S/c1-23(21,22)19-20-15(12-6-8-17-9-7-12)14(10-18-20)11-2-4-13(16)5-3-11/h2-10,19H,1H3. The van der Waals surface area contributed by atoms with E-state index in [9.17, 15) is 12.8 Å². The van der Waals surface area contributed by atoms with Crippen molar-refractivity contribution < 1.29 is 12.8 Å². The van der Waals surface area contributed by atoms with Gasteiger partial charge in [0.2, 0.25) is 10.0 Å². The van der Waals surface area contributed by atoms with Crippen LogP contribution in [0.2, 0.25) is 0 Å². The zero-order valence-corrected chi connectivity index (χ0v) is 13.0. The van der Waals surface area contributed by atoms with Crippen LogP contribution in [0, 0.1) is 5.82 Å². The molecule has 0 radical (unpaired) electrons. The summed E-state index contributed by atoms with van der Waals surface area (Å²) in [4.78, 5) is 7.47. The topological polar surface area (TPSA) is 76.9 Å². The van der Waals surface area contributed by atoms with Crippen molar-refractivity contribution in [3.8, 4) is 22.4 Å². The summed E-state index contributed by atoms with van der Waals surface area (Å²) in [7, 11) is -3.51. The van der Waals surface area contributed by atoms with Gasteiger partial charge in [-0.2, -0.15) is 9.89 Å². The number of aromatic nitrogens is 3. The zero-order chi connectivity index (χ0) is 16.4. The minimum atomic E-state index is -3.51. The molecule has 3 rings (SSSR count). The van der Waals surface area contributed by atoms with Gasteiger partial charge in [0.1, 0.15) is 11.5 Å². The van der Waals surface area contributed by atoms with E-state index in [4.69, 9.17) is 0 Å². The fourth-order valence-corrected chi connectivity index (χ4v) is 2.66. The summed E-state index contributed by atoms with van der Waals surface area (Å²) in [5.41, 5.74) is 2.67. The quantitative estimate of drug-likeness (QED) is 0.795. The average Bonchev–Trinajstić information content (AvgIpc) is 2.90. The van der Waals surface area contributed by atoms with E-state index >= 15 is 0 Å². The Labute approximate surface area is 132 Å². The molecule has 23 heavy (non-hydrogen) atoms. The molecule has 3 aromatic rings. The minimum Gasteiger partial charge on any atom is -0.265 e. The van der Waals surface area contributed by atoms with E-state index in [-0.39, 0.29) is 5.82 Å². The van der Waals surface area contributed by atoms with Crippen LogP contribution in [0.5, 0.6) is 0 Å². The van der Waals surface area contributed by atoms with E-state index in [0.29, 0.717) is 11.3 Å². The third-order valence-electron chi connectivity index (χ3n) is 3.13. The molecule has 0 aliphatic heterocycles. The van der Waals surface area contributed by atoms with Gasteiger partial charge >= 0.3 is 0 Å². The maximum Gasteiger partial charge on any atom is 0.244 e. The SMILES string of the molecule is CS(=O)(=O)Nn1ncc(-c2ccc(F)cc2)c1-c1ccncc1. The number of halogens is 1. The molecule has 0 aliphatic carbocycles. The van der Waals surface area contributed by atoms with E-state index in [0.717, 1.165) is 17.4 Å². The van der Waals surface area contributed by atoms with Gasteiger partial charge in [-0.05, 0) is 29.8 Å². The van der Waals surface area contributed by atoms with Crippen molar-refractivity contribution in [2.24, 2.45) is 0 Å². The van der Waals surface area contributed by atoms with Gasteiger partial charge in [0.25, 0.3) is 0 Å². The van der Waals surface area contributed by atoms with Crippen molar-refractivity contribution in [1.82, 2.24) is 14.9 Å². The van der Waals surface area contributed by atoms with Crippen LogP contribution >= 0.6 is 0 Å². The first kappa shape index (κ1) is 15.2. The molecule has 0 bridgehead atoms. The molecule has 0 saturated carbocycles. The lowest BCUT2D eigenvalue weighted by Gasteiger charge is -2.10. The van der Waals surface area contributed by atoms with Crippen molar-refractivity contribution in [2.75, 3.05) is 11.1 Å². The second-order valence-corrected chi connectivity index (χ2v) is 6.65. The Bertz CT molecular complexity index is 922. The molecule has 0 aliphatic rings. The summed E-state index contributed by atoms with van der Waals surface area (Å²) in [5, 5.41) is 4.09. The first-order chi connectivity index (χ1) is 10.9. The highest BCUT2D eigenvalue weighted by atomic mass is 32.2. The molecule has 0 saturated heterocycles. The van der Waals surface area contributed by atoms with Crippen LogP contribution in [0.1, 0.15) is 0 Å². The van der Waals surface area contributed by atoms with Gasteiger partial charge in [-0.3, -0.25) is 4.98 Å². The van der Waals surface area contributed by atoms with Gasteiger partial charge in [-0.1, -0.05) is 12.1 Å². The number of nitrogens with one attached hydrogen (secondary N) is 1. The van der Waals surface area contributed by atoms with Gasteiger partial charge in [0.05, 0.1) is 12.5 Å². The van der Waals surface area contributed by atoms with Crippen LogP contribution in [-0.2, 0) is 10.0 Å². The predicted molar refractivity (Wildman–Crippen MR) is 85.1 cm³/mol. The molecule has 0 atom stereocenters. The zero-order valence-electron chi connectivity index (χ0n) is 12.1. The summed E-state index contributed by atoms with van der Waals surface area (Å²) >= 11 is 0. The van der Waals surface area contributed by atoms with Gasteiger partial charge in [0.15, 0.2) is 0 Å². The molecule has 118 valence electrons. The summed E-state index contributed by atoms with van der Waals surface area (Å²) in [6.45, 7) is 0. The maximum absolute atomic E-state index is 13.1. The Kier molecular flexibility index (Phi) is 3.83. The third kappa shape index (κ3) is 3.37. The highest BCUT2D eigenvalue weighted by Gasteiger charge is 2.17. The first-order valence-corrected chi connectivity index (χ1v) is 8.55. The number of nitrogens with zero attached hydrogens (tertiary/aromatic N) is 3. The van der Waals surface area contributed by atoms with Gasteiger partial charge in [0, 0.05) is 23.5 Å². The average molecular weight is 332 g/mol. The van der Waals surface area contributed by atoms with E-state index in [1.54, 1.807) is 36.7 Å². The van der Waals surface area contributed by atoms with Crippen molar-refractivity contribution >= 4 is 10.0 Å². The normalized spacial score (nSPS) is 11.4. The van der Waals surface area contributed by atoms with Crippen LogP contribution in [0.15, 0.2) is 55.0 Å². The van der Waals surface area contributed by atoms with Crippen LogP contribution < -0.4 is 4.83 Å². The van der Waals surface area contributed by atoms with Gasteiger partial charge < -0.3 is 0 Å². The van der Waals surface area contributed by atoms with Gasteiger partial charge in [-0.25, -0.2) is 17.6 Å². The van der Waals surface area contributed by atoms with E-state index in [1.807, 2.05) is 0 Å². The van der Waals surface area contributed by atoms with Crippen molar-refractivity contribution in [3.05, 3.63) is 60.8 Å². The lowest BCUT2D eigenvalue weighted by molar-refractivity contribution is 0.598. The number of rotatable bonds is 4. The van der Waals surface area contributed by atoms with E-state index in [2.05, 4.69) is 14.9 Å². The molecule has 8 heteroatoms. The van der Waals surface area contributed by atoms with Crippen molar-refractivity contribution in [1.29, 1.82) is 0 Å². The Hall–Kier alpha value is -2.74. The van der Waals surface area contributed by atoms with Gasteiger partial charge in [-0.15, -0.1) is 0 Å². The second-order valence-electron chi connectivity index (χ2n) is 4.92. The molecule has 0 spiro atoms. The molecule has 6 nitrogen and oxygen atoms in total. The number of pyridine rings is 1. The molecule has 1 N–H and O–H groups in total. The molecule has 1 aromatic carbocycles. The third-order valence-corrected chi connectivity index (χ3v) is 3.64. The predicted octanol–water partition coefficient (Wildman–Crippen LogP) is 2.25.